The number of amides is 1. The van der Waals surface area contributed by atoms with Gasteiger partial charge in [0.1, 0.15) is 6.04 Å². The third-order valence-electron chi connectivity index (χ3n) is 5.66. The first-order valence-corrected chi connectivity index (χ1v) is 9.92. The number of carbonyl (C=O) groups excluding carboxylic acids is 1. The molecule has 0 radical (unpaired) electrons. The maximum Gasteiger partial charge on any atom is 0.247 e. The number of carbonyl (C=O) groups is 1. The maximum absolute atomic E-state index is 12.7. The van der Waals surface area contributed by atoms with Crippen molar-refractivity contribution in [3.63, 3.8) is 0 Å². The lowest BCUT2D eigenvalue weighted by molar-refractivity contribution is -0.134. The van der Waals surface area contributed by atoms with Crippen molar-refractivity contribution in [3.05, 3.63) is 30.6 Å². The quantitative estimate of drug-likeness (QED) is 0.752. The van der Waals surface area contributed by atoms with Crippen LogP contribution in [0.4, 0.5) is 11.6 Å². The van der Waals surface area contributed by atoms with E-state index in [9.17, 15) is 4.79 Å². The van der Waals surface area contributed by atoms with Gasteiger partial charge in [0.05, 0.1) is 0 Å². The van der Waals surface area contributed by atoms with Crippen molar-refractivity contribution in [3.8, 4) is 0 Å². The molecule has 2 saturated heterocycles. The number of hydrogen-bond acceptors (Lipinski definition) is 7. The fourth-order valence-electron chi connectivity index (χ4n) is 3.73. The fraction of sp³-hybridized carbons (Fsp3) is 0.579. The van der Waals surface area contributed by atoms with Crippen LogP contribution in [0.5, 0.6) is 0 Å². The molecule has 2 aliphatic rings. The Labute approximate surface area is 165 Å². The molecule has 1 amide bonds. The molecule has 0 spiro atoms. The largest absolute Gasteiger partial charge is 0.353 e. The standard InChI is InChI=1S/C19H28N8O/c1-16(27-7-3-6-20-27)19(28)26-14-12-25(13-15-26)18-5-4-17(21-22-18)24-10-8-23(2)9-11-24/h3-7,16H,8-15H2,1-2H3. The molecule has 1 unspecified atom stereocenters. The van der Waals surface area contributed by atoms with Crippen molar-refractivity contribution in [2.24, 2.45) is 0 Å². The summed E-state index contributed by atoms with van der Waals surface area (Å²) in [4.78, 5) is 21.4. The van der Waals surface area contributed by atoms with Crippen LogP contribution in [0.15, 0.2) is 30.6 Å². The highest BCUT2D eigenvalue weighted by molar-refractivity contribution is 5.80. The van der Waals surface area contributed by atoms with Gasteiger partial charge in [0.2, 0.25) is 5.91 Å². The molecular formula is C19H28N8O. The summed E-state index contributed by atoms with van der Waals surface area (Å²) >= 11 is 0. The average molecular weight is 384 g/mol. The first-order chi connectivity index (χ1) is 13.6. The molecular weight excluding hydrogens is 356 g/mol. The van der Waals surface area contributed by atoms with Gasteiger partial charge < -0.3 is 19.6 Å². The number of piperazine rings is 2. The second-order valence-electron chi connectivity index (χ2n) is 7.51. The van der Waals surface area contributed by atoms with Gasteiger partial charge in [-0.2, -0.15) is 5.10 Å². The van der Waals surface area contributed by atoms with Crippen LogP contribution in [0.25, 0.3) is 0 Å². The van der Waals surface area contributed by atoms with Crippen LogP contribution in [-0.4, -0.2) is 95.1 Å². The van der Waals surface area contributed by atoms with Crippen LogP contribution < -0.4 is 9.80 Å². The molecule has 0 aliphatic carbocycles. The summed E-state index contributed by atoms with van der Waals surface area (Å²) in [5.74, 6) is 1.93. The molecule has 28 heavy (non-hydrogen) atoms. The zero-order valence-electron chi connectivity index (χ0n) is 16.6. The smallest absolute Gasteiger partial charge is 0.247 e. The van der Waals surface area contributed by atoms with Crippen LogP contribution in [0.2, 0.25) is 0 Å². The zero-order valence-corrected chi connectivity index (χ0v) is 16.6. The Morgan fingerprint density at radius 2 is 1.50 bits per heavy atom. The van der Waals surface area contributed by atoms with Gasteiger partial charge in [-0.1, -0.05) is 0 Å². The van der Waals surface area contributed by atoms with E-state index in [1.54, 1.807) is 10.9 Å². The summed E-state index contributed by atoms with van der Waals surface area (Å²) in [6.45, 7) is 8.87. The molecule has 2 aromatic heterocycles. The Kier molecular flexibility index (Phi) is 5.43. The zero-order chi connectivity index (χ0) is 19.5. The van der Waals surface area contributed by atoms with Crippen LogP contribution in [-0.2, 0) is 4.79 Å². The molecule has 0 saturated carbocycles. The fourth-order valence-corrected chi connectivity index (χ4v) is 3.73. The highest BCUT2D eigenvalue weighted by Crippen LogP contribution is 2.19. The van der Waals surface area contributed by atoms with E-state index in [0.29, 0.717) is 13.1 Å². The molecule has 1 atom stereocenters. The molecule has 0 aromatic carbocycles. The predicted molar refractivity (Wildman–Crippen MR) is 107 cm³/mol. The van der Waals surface area contributed by atoms with E-state index in [-0.39, 0.29) is 11.9 Å². The van der Waals surface area contributed by atoms with E-state index in [0.717, 1.165) is 50.9 Å². The number of nitrogens with zero attached hydrogens (tertiary/aromatic N) is 8. The van der Waals surface area contributed by atoms with Crippen LogP contribution >= 0.6 is 0 Å². The van der Waals surface area contributed by atoms with E-state index < -0.39 is 0 Å². The third kappa shape index (κ3) is 3.94. The number of anilines is 2. The van der Waals surface area contributed by atoms with E-state index in [2.05, 4.69) is 43.1 Å². The summed E-state index contributed by atoms with van der Waals surface area (Å²) < 4.78 is 1.71. The summed E-state index contributed by atoms with van der Waals surface area (Å²) in [6.07, 6.45) is 3.53. The van der Waals surface area contributed by atoms with E-state index in [1.807, 2.05) is 30.2 Å². The normalized spacial score (nSPS) is 19.7. The highest BCUT2D eigenvalue weighted by Gasteiger charge is 2.26. The third-order valence-corrected chi connectivity index (χ3v) is 5.66. The SMILES string of the molecule is CC(C(=O)N1CCN(c2ccc(N3CCN(C)CC3)nn2)CC1)n1cccn1. The number of rotatable bonds is 4. The van der Waals surface area contributed by atoms with E-state index in [4.69, 9.17) is 0 Å². The predicted octanol–water partition coefficient (Wildman–Crippen LogP) is 0.335. The topological polar surface area (TPSA) is 73.6 Å². The average Bonchev–Trinajstić information content (AvgIpc) is 3.28. The molecule has 2 aromatic rings. The molecule has 0 N–H and O–H groups in total. The Balaban J connectivity index is 1.32. The maximum atomic E-state index is 12.7. The summed E-state index contributed by atoms with van der Waals surface area (Å²) in [5.41, 5.74) is 0. The molecule has 9 heteroatoms. The summed E-state index contributed by atoms with van der Waals surface area (Å²) in [7, 11) is 2.15. The van der Waals surface area contributed by atoms with Gasteiger partial charge in [-0.05, 0) is 32.2 Å². The summed E-state index contributed by atoms with van der Waals surface area (Å²) in [5, 5.41) is 13.1. The monoisotopic (exact) mass is 384 g/mol. The lowest BCUT2D eigenvalue weighted by atomic mass is 10.2. The van der Waals surface area contributed by atoms with Gasteiger partial charge in [0.25, 0.3) is 0 Å². The molecule has 2 fully saturated rings. The van der Waals surface area contributed by atoms with Crippen molar-refractivity contribution >= 4 is 17.5 Å². The van der Waals surface area contributed by atoms with Gasteiger partial charge in [0.15, 0.2) is 11.6 Å². The van der Waals surface area contributed by atoms with Crippen LogP contribution in [0, 0.1) is 0 Å². The molecule has 9 nitrogen and oxygen atoms in total. The molecule has 4 heterocycles. The second-order valence-corrected chi connectivity index (χ2v) is 7.51. The van der Waals surface area contributed by atoms with Crippen molar-refractivity contribution in [2.45, 2.75) is 13.0 Å². The Hall–Kier alpha value is -2.68. The number of hydrogen-bond donors (Lipinski definition) is 0. The molecule has 2 aliphatic heterocycles. The Bertz CT molecular complexity index is 762. The lowest BCUT2D eigenvalue weighted by Gasteiger charge is -2.36. The van der Waals surface area contributed by atoms with Crippen molar-refractivity contribution in [1.29, 1.82) is 0 Å². The van der Waals surface area contributed by atoms with Gasteiger partial charge in [-0.3, -0.25) is 9.48 Å². The van der Waals surface area contributed by atoms with Gasteiger partial charge in [-0.25, -0.2) is 0 Å². The van der Waals surface area contributed by atoms with E-state index in [1.165, 1.54) is 0 Å². The minimum Gasteiger partial charge on any atom is -0.353 e. The van der Waals surface area contributed by atoms with Crippen LogP contribution in [0.1, 0.15) is 13.0 Å². The number of aromatic nitrogens is 4. The summed E-state index contributed by atoms with van der Waals surface area (Å²) in [6, 6.07) is 5.67. The first kappa shape index (κ1) is 18.7. The first-order valence-electron chi connectivity index (χ1n) is 9.92. The second kappa shape index (κ2) is 8.14. The Morgan fingerprint density at radius 1 is 0.929 bits per heavy atom. The van der Waals surface area contributed by atoms with Gasteiger partial charge in [0, 0.05) is 64.8 Å². The Morgan fingerprint density at radius 3 is 2.00 bits per heavy atom. The van der Waals surface area contributed by atoms with Crippen molar-refractivity contribution < 1.29 is 4.79 Å². The van der Waals surface area contributed by atoms with Gasteiger partial charge >= 0.3 is 0 Å². The minimum absolute atomic E-state index is 0.111. The highest BCUT2D eigenvalue weighted by atomic mass is 16.2. The number of likely N-dealkylation sites (N-methyl/N-ethyl adjacent to an activating group) is 1. The van der Waals surface area contributed by atoms with Crippen LogP contribution in [0.3, 0.4) is 0 Å². The van der Waals surface area contributed by atoms with E-state index >= 15 is 0 Å². The van der Waals surface area contributed by atoms with Gasteiger partial charge in [-0.15, -0.1) is 10.2 Å². The molecule has 150 valence electrons. The lowest BCUT2D eigenvalue weighted by Crippen LogP contribution is -2.50. The van der Waals surface area contributed by atoms with Crippen molar-refractivity contribution in [2.75, 3.05) is 69.2 Å². The van der Waals surface area contributed by atoms with Crippen molar-refractivity contribution in [1.82, 2.24) is 29.8 Å². The molecule has 4 rings (SSSR count). The minimum atomic E-state index is -0.274. The molecule has 0 bridgehead atoms.